The van der Waals surface area contributed by atoms with Gasteiger partial charge in [-0.25, -0.2) is 0 Å². The molecule has 1 aromatic carbocycles. The fourth-order valence-corrected chi connectivity index (χ4v) is 3.25. The Hall–Kier alpha value is -2.28. The fourth-order valence-electron chi connectivity index (χ4n) is 3.07. The molecule has 0 unspecified atom stereocenters. The number of guanidine groups is 1. The van der Waals surface area contributed by atoms with E-state index in [9.17, 15) is 0 Å². The van der Waals surface area contributed by atoms with Gasteiger partial charge < -0.3 is 19.6 Å². The van der Waals surface area contributed by atoms with E-state index in [-0.39, 0.29) is 5.92 Å². The van der Waals surface area contributed by atoms with Gasteiger partial charge in [-0.05, 0) is 18.2 Å². The molecule has 7 nitrogen and oxygen atoms in total. The van der Waals surface area contributed by atoms with Crippen LogP contribution in [0.15, 0.2) is 33.8 Å². The zero-order valence-electron chi connectivity index (χ0n) is 16.2. The summed E-state index contributed by atoms with van der Waals surface area (Å²) in [5.74, 6) is 2.60. The van der Waals surface area contributed by atoms with Crippen LogP contribution >= 0.6 is 11.6 Å². The number of nitrogens with zero attached hydrogens (tertiary/aromatic N) is 5. The Morgan fingerprint density at radius 3 is 2.70 bits per heavy atom. The van der Waals surface area contributed by atoms with Crippen LogP contribution in [0.2, 0.25) is 5.02 Å². The van der Waals surface area contributed by atoms with Gasteiger partial charge in [0.25, 0.3) is 0 Å². The van der Waals surface area contributed by atoms with Gasteiger partial charge in [0.1, 0.15) is 0 Å². The first-order valence-corrected chi connectivity index (χ1v) is 9.73. The monoisotopic (exact) mass is 390 g/mol. The number of piperazine rings is 1. The van der Waals surface area contributed by atoms with Crippen molar-refractivity contribution in [1.29, 1.82) is 0 Å². The molecule has 0 amide bonds. The average Bonchev–Trinajstić information content (AvgIpc) is 3.15. The lowest BCUT2D eigenvalue weighted by molar-refractivity contribution is 0.362. The molecule has 1 aromatic heterocycles. The van der Waals surface area contributed by atoms with Gasteiger partial charge in [0.15, 0.2) is 11.8 Å². The van der Waals surface area contributed by atoms with Crippen LogP contribution in [0.5, 0.6) is 0 Å². The molecule has 146 valence electrons. The van der Waals surface area contributed by atoms with Crippen molar-refractivity contribution in [3.8, 4) is 0 Å². The van der Waals surface area contributed by atoms with E-state index in [1.165, 1.54) is 5.69 Å². The van der Waals surface area contributed by atoms with Crippen molar-refractivity contribution in [3.05, 3.63) is 41.0 Å². The van der Waals surface area contributed by atoms with Gasteiger partial charge in [0.2, 0.25) is 5.89 Å². The number of benzene rings is 1. The number of hydrogen-bond acceptors (Lipinski definition) is 5. The molecule has 1 aliphatic rings. The van der Waals surface area contributed by atoms with E-state index in [1.54, 1.807) is 0 Å². The Morgan fingerprint density at radius 1 is 1.30 bits per heavy atom. The molecule has 0 radical (unpaired) electrons. The van der Waals surface area contributed by atoms with Crippen LogP contribution in [0.1, 0.15) is 31.5 Å². The molecule has 0 saturated carbocycles. The van der Waals surface area contributed by atoms with Gasteiger partial charge in [0.05, 0.1) is 0 Å². The van der Waals surface area contributed by atoms with E-state index in [2.05, 4.69) is 50.2 Å². The second-order valence-electron chi connectivity index (χ2n) is 6.88. The van der Waals surface area contributed by atoms with Crippen molar-refractivity contribution in [2.24, 2.45) is 4.99 Å². The number of hydrogen-bond donors (Lipinski definition) is 1. The normalized spacial score (nSPS) is 15.5. The highest BCUT2D eigenvalue weighted by molar-refractivity contribution is 6.30. The summed E-state index contributed by atoms with van der Waals surface area (Å²) in [6, 6.07) is 8.01. The summed E-state index contributed by atoms with van der Waals surface area (Å²) in [5, 5.41) is 8.17. The number of rotatable bonds is 5. The molecular formula is C19H27ClN6O. The van der Waals surface area contributed by atoms with Gasteiger partial charge in [-0.1, -0.05) is 36.7 Å². The summed E-state index contributed by atoms with van der Waals surface area (Å²) >= 11 is 6.11. The van der Waals surface area contributed by atoms with Crippen LogP contribution in [0.4, 0.5) is 5.69 Å². The molecule has 2 aromatic rings. The van der Waals surface area contributed by atoms with Crippen LogP contribution in [0.25, 0.3) is 0 Å². The maximum absolute atomic E-state index is 6.11. The first kappa shape index (κ1) is 19.5. The summed E-state index contributed by atoms with van der Waals surface area (Å²) in [6.07, 6.45) is 0.682. The maximum atomic E-state index is 6.11. The van der Waals surface area contributed by atoms with E-state index in [4.69, 9.17) is 16.1 Å². The second-order valence-corrected chi connectivity index (χ2v) is 7.32. The van der Waals surface area contributed by atoms with Crippen LogP contribution < -0.4 is 10.2 Å². The van der Waals surface area contributed by atoms with Crippen molar-refractivity contribution in [1.82, 2.24) is 20.4 Å². The Balaban J connectivity index is 1.47. The molecule has 2 heterocycles. The number of aromatic nitrogens is 2. The Labute approximate surface area is 165 Å². The highest BCUT2D eigenvalue weighted by Gasteiger charge is 2.20. The van der Waals surface area contributed by atoms with Gasteiger partial charge in [-0.2, -0.15) is 4.98 Å². The minimum Gasteiger partial charge on any atom is -0.368 e. The molecule has 1 fully saturated rings. The van der Waals surface area contributed by atoms with Crippen LogP contribution in [-0.4, -0.2) is 60.8 Å². The molecule has 8 heteroatoms. The molecule has 0 spiro atoms. The third-order valence-electron chi connectivity index (χ3n) is 4.59. The first-order valence-electron chi connectivity index (χ1n) is 9.35. The maximum Gasteiger partial charge on any atom is 0.228 e. The smallest absolute Gasteiger partial charge is 0.228 e. The number of aliphatic imine (C=N–C) groups is 1. The molecule has 1 aliphatic heterocycles. The Bertz CT molecular complexity index is 767. The van der Waals surface area contributed by atoms with Crippen LogP contribution in [-0.2, 0) is 6.42 Å². The standard InChI is InChI=1S/C19H27ClN6O/c1-14(2)18-23-17(27-24-18)7-8-22-19(21-3)26-11-9-25(10-12-26)16-6-4-5-15(20)13-16/h4-6,13-14H,7-12H2,1-3H3,(H,21,22). The first-order chi connectivity index (χ1) is 13.1. The van der Waals surface area contributed by atoms with E-state index in [0.717, 1.165) is 43.0 Å². The van der Waals surface area contributed by atoms with Crippen molar-refractivity contribution >= 4 is 23.2 Å². The summed E-state index contributed by atoms with van der Waals surface area (Å²) in [6.45, 7) is 8.50. The predicted octanol–water partition coefficient (Wildman–Crippen LogP) is 2.79. The zero-order chi connectivity index (χ0) is 19.2. The van der Waals surface area contributed by atoms with E-state index >= 15 is 0 Å². The summed E-state index contributed by atoms with van der Waals surface area (Å²) in [4.78, 5) is 13.4. The number of nitrogens with one attached hydrogen (secondary N) is 1. The van der Waals surface area contributed by atoms with Gasteiger partial charge in [-0.15, -0.1) is 0 Å². The highest BCUT2D eigenvalue weighted by Crippen LogP contribution is 2.20. The number of halogens is 1. The van der Waals surface area contributed by atoms with Gasteiger partial charge in [-0.3, -0.25) is 4.99 Å². The van der Waals surface area contributed by atoms with Crippen LogP contribution in [0, 0.1) is 0 Å². The topological polar surface area (TPSA) is 69.8 Å². The highest BCUT2D eigenvalue weighted by atomic mass is 35.5. The lowest BCUT2D eigenvalue weighted by Crippen LogP contribution is -2.52. The van der Waals surface area contributed by atoms with E-state index < -0.39 is 0 Å². The predicted molar refractivity (Wildman–Crippen MR) is 109 cm³/mol. The Kier molecular flexibility index (Phi) is 6.55. The molecule has 0 aliphatic carbocycles. The van der Waals surface area contributed by atoms with E-state index in [0.29, 0.717) is 18.9 Å². The molecule has 1 saturated heterocycles. The summed E-state index contributed by atoms with van der Waals surface area (Å²) < 4.78 is 5.29. The van der Waals surface area contributed by atoms with Gasteiger partial charge >= 0.3 is 0 Å². The third kappa shape index (κ3) is 5.13. The molecule has 1 N–H and O–H groups in total. The molecule has 3 rings (SSSR count). The second kappa shape index (κ2) is 9.08. The van der Waals surface area contributed by atoms with Crippen molar-refractivity contribution in [2.45, 2.75) is 26.2 Å². The Morgan fingerprint density at radius 2 is 2.07 bits per heavy atom. The fraction of sp³-hybridized carbons (Fsp3) is 0.526. The minimum atomic E-state index is 0.277. The number of anilines is 1. The molecule has 27 heavy (non-hydrogen) atoms. The molecule has 0 bridgehead atoms. The largest absolute Gasteiger partial charge is 0.368 e. The third-order valence-corrected chi connectivity index (χ3v) is 4.82. The van der Waals surface area contributed by atoms with Gasteiger partial charge in [0, 0.05) is 62.8 Å². The van der Waals surface area contributed by atoms with Crippen molar-refractivity contribution < 1.29 is 4.52 Å². The van der Waals surface area contributed by atoms with E-state index in [1.807, 2.05) is 25.2 Å². The van der Waals surface area contributed by atoms with Crippen molar-refractivity contribution in [2.75, 3.05) is 44.7 Å². The average molecular weight is 391 g/mol. The zero-order valence-corrected chi connectivity index (χ0v) is 16.9. The lowest BCUT2D eigenvalue weighted by Gasteiger charge is -2.37. The SMILES string of the molecule is CN=C(NCCc1nc(C(C)C)no1)N1CCN(c2cccc(Cl)c2)CC1. The van der Waals surface area contributed by atoms with Crippen molar-refractivity contribution in [3.63, 3.8) is 0 Å². The minimum absolute atomic E-state index is 0.277. The molecular weight excluding hydrogens is 364 g/mol. The quantitative estimate of drug-likeness (QED) is 0.625. The summed E-state index contributed by atoms with van der Waals surface area (Å²) in [5.41, 5.74) is 1.17. The summed E-state index contributed by atoms with van der Waals surface area (Å²) in [7, 11) is 1.81. The van der Waals surface area contributed by atoms with Crippen LogP contribution in [0.3, 0.4) is 0 Å². The molecule has 0 atom stereocenters. The lowest BCUT2D eigenvalue weighted by atomic mass is 10.2.